The molecule has 0 radical (unpaired) electrons. The quantitative estimate of drug-likeness (QED) is 0.527. The molecule has 1 fully saturated rings. The van der Waals surface area contributed by atoms with E-state index in [9.17, 15) is 0 Å². The Kier molecular flexibility index (Phi) is 4.13. The van der Waals surface area contributed by atoms with E-state index in [1.165, 1.54) is 19.3 Å². The molecule has 3 aromatic rings. The summed E-state index contributed by atoms with van der Waals surface area (Å²) in [5, 5.41) is 16.3. The van der Waals surface area contributed by atoms with Gasteiger partial charge in [-0.25, -0.2) is 4.68 Å². The second-order valence-corrected chi connectivity index (χ2v) is 8.56. The third-order valence-electron chi connectivity index (χ3n) is 4.04. The highest BCUT2D eigenvalue weighted by Crippen LogP contribution is 2.40. The maximum absolute atomic E-state index is 5.15. The number of pyridine rings is 1. The Bertz CT molecular complexity index is 811. The zero-order chi connectivity index (χ0) is 15.6. The lowest BCUT2D eigenvalue weighted by atomic mass is 9.96. The second-order valence-electron chi connectivity index (χ2n) is 5.53. The molecule has 0 bridgehead atoms. The first-order valence-corrected chi connectivity index (χ1v) is 10.2. The molecule has 9 heteroatoms. The molecule has 3 heterocycles. The molecule has 120 valence electrons. The maximum atomic E-state index is 5.15. The van der Waals surface area contributed by atoms with Crippen molar-refractivity contribution in [3.63, 3.8) is 0 Å². The third kappa shape index (κ3) is 3.02. The largest absolute Gasteiger partial charge is 0.481 e. The molecule has 0 aromatic carbocycles. The number of hydrogen-bond donors (Lipinski definition) is 0. The molecule has 7 nitrogen and oxygen atoms in total. The van der Waals surface area contributed by atoms with Crippen molar-refractivity contribution in [1.82, 2.24) is 29.6 Å². The minimum Gasteiger partial charge on any atom is -0.481 e. The van der Waals surface area contributed by atoms with E-state index < -0.39 is 0 Å². The van der Waals surface area contributed by atoms with Gasteiger partial charge in [0.05, 0.1) is 18.5 Å². The molecule has 1 unspecified atom stereocenters. The molecule has 0 saturated heterocycles. The number of fused-ring (bicyclic) bond motifs is 1. The van der Waals surface area contributed by atoms with Crippen molar-refractivity contribution in [2.45, 2.75) is 43.3 Å². The first-order valence-electron chi connectivity index (χ1n) is 7.64. The molecule has 23 heavy (non-hydrogen) atoms. The van der Waals surface area contributed by atoms with Crippen LogP contribution < -0.4 is 4.74 Å². The zero-order valence-corrected chi connectivity index (χ0v) is 14.4. The van der Waals surface area contributed by atoms with Crippen molar-refractivity contribution in [3.8, 4) is 5.88 Å². The number of nitrogens with zero attached hydrogens (tertiary/aromatic N) is 6. The zero-order valence-electron chi connectivity index (χ0n) is 12.8. The fourth-order valence-corrected chi connectivity index (χ4v) is 5.76. The van der Waals surface area contributed by atoms with Crippen LogP contribution in [0.3, 0.4) is 0 Å². The summed E-state index contributed by atoms with van der Waals surface area (Å²) in [6, 6.07) is 4.27. The third-order valence-corrected chi connectivity index (χ3v) is 6.90. The first-order chi connectivity index (χ1) is 11.3. The minimum absolute atomic E-state index is 0.343. The first kappa shape index (κ1) is 14.8. The van der Waals surface area contributed by atoms with Gasteiger partial charge in [0, 0.05) is 6.07 Å². The molecule has 0 amide bonds. The summed E-state index contributed by atoms with van der Waals surface area (Å²) in [6.45, 7) is 0. The van der Waals surface area contributed by atoms with Crippen LogP contribution in [0.4, 0.5) is 0 Å². The van der Waals surface area contributed by atoms with E-state index in [-0.39, 0.29) is 9.70 Å². The number of rotatable bonds is 4. The van der Waals surface area contributed by atoms with Crippen molar-refractivity contribution >= 4 is 31.5 Å². The highest BCUT2D eigenvalue weighted by atomic mass is 33.1. The lowest BCUT2D eigenvalue weighted by Crippen LogP contribution is -2.15. The van der Waals surface area contributed by atoms with Crippen molar-refractivity contribution in [2.75, 3.05) is 7.11 Å². The van der Waals surface area contributed by atoms with Crippen LogP contribution in [-0.2, 0) is 0 Å². The van der Waals surface area contributed by atoms with Gasteiger partial charge in [0.25, 0.3) is 5.16 Å². The molecule has 1 atom stereocenters. The fraction of sp³-hybridized carbons (Fsp3) is 0.500. The topological polar surface area (TPSA) is 78.6 Å². The average molecular weight is 349 g/mol. The summed E-state index contributed by atoms with van der Waals surface area (Å²) >= 11 is 0. The Balaban J connectivity index is 1.59. The Labute approximate surface area is 140 Å². The molecule has 0 spiro atoms. The molecular weight excluding hydrogens is 332 g/mol. The minimum atomic E-state index is -0.343. The Morgan fingerprint density at radius 1 is 1.26 bits per heavy atom. The molecule has 3 aromatic heterocycles. The number of ether oxygens (including phenoxy) is 1. The van der Waals surface area contributed by atoms with E-state index >= 15 is 0 Å². The van der Waals surface area contributed by atoms with Crippen LogP contribution in [0.25, 0.3) is 11.0 Å². The van der Waals surface area contributed by atoms with Crippen LogP contribution in [0.2, 0.25) is 0 Å². The number of aromatic nitrogens is 6. The van der Waals surface area contributed by atoms with Crippen molar-refractivity contribution in [3.05, 3.63) is 17.5 Å². The van der Waals surface area contributed by atoms with Crippen molar-refractivity contribution in [1.29, 1.82) is 0 Å². The summed E-state index contributed by atoms with van der Waals surface area (Å²) in [6.07, 6.45) is 6.15. The van der Waals surface area contributed by atoms with Crippen LogP contribution >= 0.6 is 20.5 Å². The number of tetrazole rings is 1. The fourth-order valence-electron chi connectivity index (χ4n) is 2.85. The summed E-state index contributed by atoms with van der Waals surface area (Å²) in [5.41, 5.74) is 0.733. The smallest absolute Gasteiger partial charge is 0.269 e. The van der Waals surface area contributed by atoms with Crippen LogP contribution in [0, 0.1) is 0 Å². The second kappa shape index (κ2) is 6.40. The van der Waals surface area contributed by atoms with Crippen LogP contribution in [0.15, 0.2) is 22.7 Å². The van der Waals surface area contributed by atoms with Gasteiger partial charge in [0.2, 0.25) is 22.3 Å². The van der Waals surface area contributed by atoms with Gasteiger partial charge in [-0.1, -0.05) is 24.4 Å². The Morgan fingerprint density at radius 3 is 2.96 bits per heavy atom. The number of hydrogen-bond acceptors (Lipinski definition) is 7. The molecule has 4 rings (SSSR count). The predicted molar refractivity (Wildman–Crippen MR) is 89.8 cm³/mol. The van der Waals surface area contributed by atoms with Gasteiger partial charge in [0.15, 0.2) is 15.1 Å². The summed E-state index contributed by atoms with van der Waals surface area (Å²) in [5.74, 6) is 0.586. The molecule has 1 saturated carbocycles. The Hall–Kier alpha value is -1.74. The maximum Gasteiger partial charge on any atom is 0.269 e. The van der Waals surface area contributed by atoms with Crippen LogP contribution in [-0.4, -0.2) is 36.7 Å². The lowest BCUT2D eigenvalue weighted by molar-refractivity contribution is 0.307. The normalized spacial score (nSPS) is 16.8. The number of methoxy groups -OCH3 is 1. The predicted octanol–water partition coefficient (Wildman–Crippen LogP) is 3.43. The van der Waals surface area contributed by atoms with Gasteiger partial charge in [-0.05, 0) is 33.7 Å². The van der Waals surface area contributed by atoms with E-state index in [1.807, 2.05) is 16.8 Å². The van der Waals surface area contributed by atoms with Gasteiger partial charge in [-0.15, -0.1) is 0 Å². The van der Waals surface area contributed by atoms with Gasteiger partial charge in [-0.2, -0.15) is 4.98 Å². The van der Waals surface area contributed by atoms with Crippen LogP contribution in [0.1, 0.15) is 38.1 Å². The van der Waals surface area contributed by atoms with Gasteiger partial charge in [0.1, 0.15) is 0 Å². The van der Waals surface area contributed by atoms with E-state index in [1.54, 1.807) is 17.9 Å². The molecule has 1 aliphatic rings. The standard InChI is InChI=1S/C14H17N6OS2/c1-21-12-8-7-10-9-23(17-13(10)15-12)22-14-16-18-19-20(14)11-5-3-2-4-6-11/h7-9,11H,2-6H2,1H3/q+1. The van der Waals surface area contributed by atoms with Crippen molar-refractivity contribution < 1.29 is 4.74 Å². The monoisotopic (exact) mass is 349 g/mol. The summed E-state index contributed by atoms with van der Waals surface area (Å²) in [7, 11) is 2.87. The van der Waals surface area contributed by atoms with E-state index in [0.717, 1.165) is 29.0 Å². The van der Waals surface area contributed by atoms with Gasteiger partial charge in [-0.3, -0.25) is 0 Å². The van der Waals surface area contributed by atoms with E-state index in [2.05, 4.69) is 30.3 Å². The Morgan fingerprint density at radius 2 is 2.13 bits per heavy atom. The highest BCUT2D eigenvalue weighted by molar-refractivity contribution is 8.44. The average Bonchev–Trinajstić information content (AvgIpc) is 3.21. The highest BCUT2D eigenvalue weighted by Gasteiger charge is 2.26. The van der Waals surface area contributed by atoms with Gasteiger partial charge < -0.3 is 4.74 Å². The van der Waals surface area contributed by atoms with Crippen molar-refractivity contribution in [2.24, 2.45) is 0 Å². The SMILES string of the molecule is COc1ccc2c[s+](Sc3nnnn3C3CCCCC3)nc2n1. The summed E-state index contributed by atoms with van der Waals surface area (Å²) < 4.78 is 11.8. The van der Waals surface area contributed by atoms with Gasteiger partial charge >= 0.3 is 0 Å². The molecule has 1 aliphatic carbocycles. The molecule has 0 N–H and O–H groups in total. The van der Waals surface area contributed by atoms with Crippen LogP contribution in [0.5, 0.6) is 5.88 Å². The summed E-state index contributed by atoms with van der Waals surface area (Å²) in [4.78, 5) is 4.38. The lowest BCUT2D eigenvalue weighted by Gasteiger charge is -2.21. The van der Waals surface area contributed by atoms with E-state index in [0.29, 0.717) is 11.9 Å². The molecular formula is C14H17N6OS2+. The molecule has 0 aliphatic heterocycles. The van der Waals surface area contributed by atoms with E-state index in [4.69, 9.17) is 4.74 Å².